The monoisotopic (exact) mass is 386 g/mol. The van der Waals surface area contributed by atoms with E-state index >= 15 is 0 Å². The molecule has 0 aromatic heterocycles. The molecule has 1 aliphatic rings. The zero-order valence-corrected chi connectivity index (χ0v) is 15.6. The van der Waals surface area contributed by atoms with Gasteiger partial charge < -0.3 is 14.8 Å². The number of amides is 2. The molecule has 0 saturated carbocycles. The summed E-state index contributed by atoms with van der Waals surface area (Å²) in [6.07, 6.45) is 0. The van der Waals surface area contributed by atoms with Crippen molar-refractivity contribution < 1.29 is 23.9 Å². The molecule has 1 N–H and O–H groups in total. The van der Waals surface area contributed by atoms with Crippen LogP contribution in [0, 0.1) is 0 Å². The number of nitrogens with one attached hydrogen (secondary N) is 1. The second-order valence-electron chi connectivity index (χ2n) is 5.72. The molecule has 8 heteroatoms. The average molecular weight is 386 g/mol. The van der Waals surface area contributed by atoms with E-state index in [2.05, 4.69) is 10.1 Å². The van der Waals surface area contributed by atoms with Crippen LogP contribution in [0.25, 0.3) is 0 Å². The summed E-state index contributed by atoms with van der Waals surface area (Å²) in [5.74, 6) is -0.172. The van der Waals surface area contributed by atoms with E-state index in [-0.39, 0.29) is 17.7 Å². The molecule has 2 aromatic carbocycles. The maximum Gasteiger partial charge on any atom is 0.337 e. The van der Waals surface area contributed by atoms with Gasteiger partial charge in [-0.15, -0.1) is 0 Å². The van der Waals surface area contributed by atoms with Gasteiger partial charge in [-0.25, -0.2) is 4.79 Å². The largest absolute Gasteiger partial charge is 0.495 e. The first-order valence-corrected chi connectivity index (χ1v) is 9.00. The van der Waals surface area contributed by atoms with Crippen LogP contribution in [0.5, 0.6) is 5.75 Å². The van der Waals surface area contributed by atoms with Crippen molar-refractivity contribution in [2.75, 3.05) is 19.5 Å². The zero-order valence-electron chi connectivity index (χ0n) is 14.8. The highest BCUT2D eigenvalue weighted by molar-refractivity contribution is 8.15. The van der Waals surface area contributed by atoms with Crippen LogP contribution in [-0.2, 0) is 16.1 Å². The number of anilines is 1. The van der Waals surface area contributed by atoms with Gasteiger partial charge in [0.05, 0.1) is 32.0 Å². The number of para-hydroxylation sites is 2. The fourth-order valence-corrected chi connectivity index (χ4v) is 3.53. The van der Waals surface area contributed by atoms with Gasteiger partial charge in [0.25, 0.3) is 11.1 Å². The van der Waals surface area contributed by atoms with E-state index in [1.54, 1.807) is 43.5 Å². The third kappa shape index (κ3) is 4.06. The normalized spacial score (nSPS) is 16.4. The van der Waals surface area contributed by atoms with Crippen LogP contribution in [0.3, 0.4) is 0 Å². The third-order valence-corrected chi connectivity index (χ3v) is 5.02. The van der Waals surface area contributed by atoms with E-state index in [1.807, 2.05) is 12.1 Å². The summed E-state index contributed by atoms with van der Waals surface area (Å²) in [6, 6.07) is 13.8. The second-order valence-corrected chi connectivity index (χ2v) is 6.78. The maximum absolute atomic E-state index is 12.7. The minimum atomic E-state index is -0.719. The van der Waals surface area contributed by atoms with E-state index in [9.17, 15) is 14.4 Å². The molecule has 2 aromatic rings. The van der Waals surface area contributed by atoms with Crippen molar-refractivity contribution in [2.45, 2.75) is 11.9 Å². The first-order chi connectivity index (χ1) is 13.0. The SMILES string of the molecule is COC(=O)c1ccc(CN2C(=O)S[C@H](Nc3ccccc3OC)C2=O)cc1. The quantitative estimate of drug-likeness (QED) is 0.764. The minimum absolute atomic E-state index is 0.135. The number of methoxy groups -OCH3 is 2. The van der Waals surface area contributed by atoms with Gasteiger partial charge in [-0.3, -0.25) is 14.5 Å². The lowest BCUT2D eigenvalue weighted by atomic mass is 10.1. The predicted molar refractivity (Wildman–Crippen MR) is 102 cm³/mol. The van der Waals surface area contributed by atoms with E-state index in [4.69, 9.17) is 4.74 Å². The summed E-state index contributed by atoms with van der Waals surface area (Å²) in [5, 5.41) is 2.00. The van der Waals surface area contributed by atoms with Crippen molar-refractivity contribution in [3.05, 3.63) is 59.7 Å². The molecule has 0 unspecified atom stereocenters. The van der Waals surface area contributed by atoms with Crippen molar-refractivity contribution in [1.82, 2.24) is 4.90 Å². The van der Waals surface area contributed by atoms with E-state index < -0.39 is 11.3 Å². The van der Waals surface area contributed by atoms with E-state index in [0.29, 0.717) is 17.0 Å². The third-order valence-electron chi connectivity index (χ3n) is 4.04. The molecular weight excluding hydrogens is 368 g/mol. The number of nitrogens with zero attached hydrogens (tertiary/aromatic N) is 1. The van der Waals surface area contributed by atoms with Gasteiger partial charge in [-0.2, -0.15) is 0 Å². The fourth-order valence-electron chi connectivity index (χ4n) is 2.63. The number of benzene rings is 2. The topological polar surface area (TPSA) is 84.9 Å². The van der Waals surface area contributed by atoms with E-state index in [0.717, 1.165) is 17.3 Å². The van der Waals surface area contributed by atoms with Gasteiger partial charge in [-0.05, 0) is 41.6 Å². The Hall–Kier alpha value is -3.00. The first-order valence-electron chi connectivity index (χ1n) is 8.12. The van der Waals surface area contributed by atoms with Gasteiger partial charge in [-0.1, -0.05) is 24.3 Å². The van der Waals surface area contributed by atoms with Crippen LogP contribution in [0.4, 0.5) is 10.5 Å². The van der Waals surface area contributed by atoms with Crippen LogP contribution in [0.1, 0.15) is 15.9 Å². The van der Waals surface area contributed by atoms with Crippen LogP contribution in [-0.4, -0.2) is 41.6 Å². The number of hydrogen-bond acceptors (Lipinski definition) is 7. The molecule has 0 aliphatic carbocycles. The first kappa shape index (κ1) is 18.8. The van der Waals surface area contributed by atoms with Crippen molar-refractivity contribution in [2.24, 2.45) is 0 Å². The summed E-state index contributed by atoms with van der Waals surface area (Å²) in [4.78, 5) is 37.6. The lowest BCUT2D eigenvalue weighted by Crippen LogP contribution is -2.34. The molecule has 3 rings (SSSR count). The van der Waals surface area contributed by atoms with Crippen LogP contribution in [0.2, 0.25) is 0 Å². The van der Waals surface area contributed by atoms with Crippen molar-refractivity contribution in [3.8, 4) is 5.75 Å². The highest BCUT2D eigenvalue weighted by atomic mass is 32.2. The summed E-state index contributed by atoms with van der Waals surface area (Å²) < 4.78 is 9.91. The molecule has 1 atom stereocenters. The highest BCUT2D eigenvalue weighted by Crippen LogP contribution is 2.32. The number of esters is 1. The molecule has 0 radical (unpaired) electrons. The van der Waals surface area contributed by atoms with Crippen LogP contribution >= 0.6 is 11.8 Å². The smallest absolute Gasteiger partial charge is 0.337 e. The molecular formula is C19H18N2O5S. The minimum Gasteiger partial charge on any atom is -0.495 e. The van der Waals surface area contributed by atoms with Gasteiger partial charge in [0, 0.05) is 0 Å². The number of ether oxygens (including phenoxy) is 2. The van der Waals surface area contributed by atoms with Gasteiger partial charge in [0.1, 0.15) is 5.75 Å². The number of thioether (sulfide) groups is 1. The average Bonchev–Trinajstić information content (AvgIpc) is 2.95. The molecule has 0 bridgehead atoms. The number of carbonyl (C=O) groups is 3. The number of hydrogen-bond donors (Lipinski definition) is 1. The number of rotatable bonds is 6. The Morgan fingerprint density at radius 1 is 1.11 bits per heavy atom. The molecule has 2 amide bonds. The van der Waals surface area contributed by atoms with Crippen molar-refractivity contribution in [1.29, 1.82) is 0 Å². The molecule has 1 saturated heterocycles. The molecule has 1 aliphatic heterocycles. The predicted octanol–water partition coefficient (Wildman–Crippen LogP) is 3.12. The number of carbonyl (C=O) groups excluding carboxylic acids is 3. The Morgan fingerprint density at radius 3 is 2.48 bits per heavy atom. The summed E-state index contributed by atoms with van der Waals surface area (Å²) in [7, 11) is 2.85. The summed E-state index contributed by atoms with van der Waals surface area (Å²) in [5.41, 5.74) is 1.79. The Labute approximate surface area is 160 Å². The van der Waals surface area contributed by atoms with Crippen LogP contribution < -0.4 is 10.1 Å². The maximum atomic E-state index is 12.7. The Kier molecular flexibility index (Phi) is 5.66. The van der Waals surface area contributed by atoms with Crippen molar-refractivity contribution in [3.63, 3.8) is 0 Å². The molecule has 0 spiro atoms. The van der Waals surface area contributed by atoms with Gasteiger partial charge in [0.15, 0.2) is 5.37 Å². The lowest BCUT2D eigenvalue weighted by Gasteiger charge is -2.16. The molecule has 1 fully saturated rings. The molecule has 1 heterocycles. The number of imide groups is 1. The van der Waals surface area contributed by atoms with Gasteiger partial charge >= 0.3 is 5.97 Å². The molecule has 7 nitrogen and oxygen atoms in total. The Morgan fingerprint density at radius 2 is 1.81 bits per heavy atom. The molecule has 27 heavy (non-hydrogen) atoms. The lowest BCUT2D eigenvalue weighted by molar-refractivity contribution is -0.126. The van der Waals surface area contributed by atoms with Gasteiger partial charge in [0.2, 0.25) is 0 Å². The fraction of sp³-hybridized carbons (Fsp3) is 0.211. The van der Waals surface area contributed by atoms with Crippen LogP contribution in [0.15, 0.2) is 48.5 Å². The standard InChI is InChI=1S/C19H18N2O5S/c1-25-15-6-4-3-5-14(15)20-16-17(22)21(19(24)27-16)11-12-7-9-13(10-8-12)18(23)26-2/h3-10,16,20H,11H2,1-2H3/t16-/m0/s1. The molecule has 140 valence electrons. The summed E-state index contributed by atoms with van der Waals surface area (Å²) >= 11 is 0.923. The Bertz CT molecular complexity index is 869. The summed E-state index contributed by atoms with van der Waals surface area (Å²) in [6.45, 7) is 0.135. The van der Waals surface area contributed by atoms with E-state index in [1.165, 1.54) is 12.0 Å². The highest BCUT2D eigenvalue weighted by Gasteiger charge is 2.39. The Balaban J connectivity index is 1.70. The second kappa shape index (κ2) is 8.13. The zero-order chi connectivity index (χ0) is 19.4. The van der Waals surface area contributed by atoms with Crippen molar-refractivity contribution >= 4 is 34.6 Å².